The van der Waals surface area contributed by atoms with Gasteiger partial charge in [0, 0.05) is 37.6 Å². The third-order valence-corrected chi connectivity index (χ3v) is 4.77. The highest BCUT2D eigenvalue weighted by atomic mass is 16.5. The van der Waals surface area contributed by atoms with Crippen LogP contribution in [0.4, 0.5) is 0 Å². The Kier molecular flexibility index (Phi) is 6.61. The molecule has 0 aromatic heterocycles. The summed E-state index contributed by atoms with van der Waals surface area (Å²) in [6.07, 6.45) is 2.20. The van der Waals surface area contributed by atoms with Gasteiger partial charge in [-0.2, -0.15) is 0 Å². The van der Waals surface area contributed by atoms with Crippen LogP contribution in [0.1, 0.15) is 53.8 Å². The highest BCUT2D eigenvalue weighted by molar-refractivity contribution is 6.04. The summed E-state index contributed by atoms with van der Waals surface area (Å²) in [5.74, 6) is -1.45. The molecule has 0 bridgehead atoms. The van der Waals surface area contributed by atoms with Gasteiger partial charge in [0.05, 0.1) is 6.04 Å². The molecule has 0 radical (unpaired) electrons. The van der Waals surface area contributed by atoms with Crippen molar-refractivity contribution in [2.45, 2.75) is 39.2 Å². The first-order valence-corrected chi connectivity index (χ1v) is 9.77. The highest BCUT2D eigenvalue weighted by Crippen LogP contribution is 2.28. The average molecular weight is 409 g/mol. The summed E-state index contributed by atoms with van der Waals surface area (Å²) in [5.41, 5.74) is 0.731. The van der Waals surface area contributed by atoms with Gasteiger partial charge in [-0.25, -0.2) is 0 Å². The number of piperidine rings is 1. The molecule has 1 aliphatic rings. The first-order valence-electron chi connectivity index (χ1n) is 9.77. The third kappa shape index (κ3) is 5.11. The van der Waals surface area contributed by atoms with Crippen LogP contribution in [0.5, 0.6) is 11.5 Å². The van der Waals surface area contributed by atoms with Crippen LogP contribution >= 0.6 is 0 Å². The summed E-state index contributed by atoms with van der Waals surface area (Å²) in [6.45, 7) is 2.90. The number of hydrogen-bond donors (Lipinski definition) is 0. The van der Waals surface area contributed by atoms with Crippen LogP contribution in [-0.2, 0) is 9.59 Å². The molecule has 3 rings (SSSR count). The molecule has 0 aliphatic carbocycles. The maximum Gasteiger partial charge on any atom is 0.308 e. The number of likely N-dealkylation sites (tertiary alicyclic amines) is 1. The van der Waals surface area contributed by atoms with E-state index < -0.39 is 18.0 Å². The molecule has 2 aromatic carbocycles. The van der Waals surface area contributed by atoms with Crippen molar-refractivity contribution in [3.8, 4) is 11.5 Å². The molecule has 156 valence electrons. The van der Waals surface area contributed by atoms with Gasteiger partial charge in [0.1, 0.15) is 11.5 Å². The van der Waals surface area contributed by atoms with Gasteiger partial charge in [0.25, 0.3) is 5.91 Å². The molecule has 30 heavy (non-hydrogen) atoms. The Bertz CT molecular complexity index is 935. The molecule has 0 N–H and O–H groups in total. The van der Waals surface area contributed by atoms with Gasteiger partial charge >= 0.3 is 11.9 Å². The summed E-state index contributed by atoms with van der Waals surface area (Å²) in [7, 11) is 0. The maximum absolute atomic E-state index is 13.3. The van der Waals surface area contributed by atoms with Crippen LogP contribution in [0.2, 0.25) is 0 Å². The Morgan fingerprint density at radius 2 is 1.43 bits per heavy atom. The van der Waals surface area contributed by atoms with Crippen LogP contribution < -0.4 is 9.47 Å². The Morgan fingerprint density at radius 1 is 0.833 bits per heavy atom. The fraction of sp³-hybridized carbons (Fsp3) is 0.304. The van der Waals surface area contributed by atoms with E-state index in [9.17, 15) is 19.2 Å². The second-order valence-electron chi connectivity index (χ2n) is 7.12. The minimum atomic E-state index is -0.580. The number of hydrogen-bond acceptors (Lipinski definition) is 6. The largest absolute Gasteiger partial charge is 0.427 e. The maximum atomic E-state index is 13.3. The van der Waals surface area contributed by atoms with Crippen LogP contribution in [-0.4, -0.2) is 41.1 Å². The van der Waals surface area contributed by atoms with Crippen molar-refractivity contribution in [3.05, 3.63) is 59.7 Å². The fourth-order valence-corrected chi connectivity index (χ4v) is 3.55. The molecule has 2 aromatic rings. The molecule has 1 amide bonds. The van der Waals surface area contributed by atoms with E-state index in [1.807, 2.05) is 6.07 Å². The van der Waals surface area contributed by atoms with E-state index in [0.717, 1.165) is 12.8 Å². The quantitative estimate of drug-likeness (QED) is 0.427. The minimum absolute atomic E-state index is 0.0903. The molecule has 0 spiro atoms. The number of Topliss-reactive ketones (excluding diaryl/α,β-unsaturated/α-hetero) is 1. The van der Waals surface area contributed by atoms with Crippen LogP contribution in [0.3, 0.4) is 0 Å². The lowest BCUT2D eigenvalue weighted by molar-refractivity contribution is -0.132. The van der Waals surface area contributed by atoms with E-state index in [4.69, 9.17) is 9.47 Å². The molecule has 0 saturated carbocycles. The number of ketones is 1. The fourth-order valence-electron chi connectivity index (χ4n) is 3.55. The van der Waals surface area contributed by atoms with E-state index in [1.54, 1.807) is 29.2 Å². The van der Waals surface area contributed by atoms with Gasteiger partial charge in [-0.15, -0.1) is 0 Å². The number of carbonyl (C=O) groups is 4. The van der Waals surface area contributed by atoms with Crippen molar-refractivity contribution in [1.82, 2.24) is 4.90 Å². The van der Waals surface area contributed by atoms with E-state index in [2.05, 4.69) is 0 Å². The summed E-state index contributed by atoms with van der Waals surface area (Å²) in [6, 6.07) is 12.5. The van der Waals surface area contributed by atoms with Crippen molar-refractivity contribution < 1.29 is 28.7 Å². The van der Waals surface area contributed by atoms with E-state index in [1.165, 1.54) is 32.0 Å². The van der Waals surface area contributed by atoms with E-state index >= 15 is 0 Å². The lowest BCUT2D eigenvalue weighted by Gasteiger charge is -2.35. The average Bonchev–Trinajstić information content (AvgIpc) is 2.72. The van der Waals surface area contributed by atoms with Crippen molar-refractivity contribution in [3.63, 3.8) is 0 Å². The van der Waals surface area contributed by atoms with Crippen LogP contribution in [0.25, 0.3) is 0 Å². The van der Waals surface area contributed by atoms with Gasteiger partial charge in [0.2, 0.25) is 0 Å². The van der Waals surface area contributed by atoms with Crippen LogP contribution in [0.15, 0.2) is 48.5 Å². The lowest BCUT2D eigenvalue weighted by Crippen LogP contribution is -2.48. The zero-order chi connectivity index (χ0) is 21.7. The monoisotopic (exact) mass is 409 g/mol. The minimum Gasteiger partial charge on any atom is -0.427 e. The molecular weight excluding hydrogens is 386 g/mol. The smallest absolute Gasteiger partial charge is 0.308 e. The SMILES string of the molecule is CC(=O)Oc1cc(OC(C)=O)cc(C(=O)N2CCCCC2C(=O)c2ccccc2)c1. The number of ether oxygens (including phenoxy) is 2. The Balaban J connectivity index is 1.93. The molecule has 1 heterocycles. The normalized spacial score (nSPS) is 15.9. The highest BCUT2D eigenvalue weighted by Gasteiger charge is 2.33. The number of benzene rings is 2. The molecule has 1 fully saturated rings. The van der Waals surface area contributed by atoms with Gasteiger partial charge in [-0.1, -0.05) is 30.3 Å². The molecular formula is C23H23NO6. The number of nitrogens with zero attached hydrogens (tertiary/aromatic N) is 1. The van der Waals surface area contributed by atoms with Crippen molar-refractivity contribution in [2.75, 3.05) is 6.54 Å². The zero-order valence-electron chi connectivity index (χ0n) is 16.9. The third-order valence-electron chi connectivity index (χ3n) is 4.77. The lowest BCUT2D eigenvalue weighted by atomic mass is 9.93. The van der Waals surface area contributed by atoms with Gasteiger partial charge in [-0.05, 0) is 31.4 Å². The van der Waals surface area contributed by atoms with Gasteiger partial charge < -0.3 is 14.4 Å². The topological polar surface area (TPSA) is 90.0 Å². The number of amides is 1. The van der Waals surface area contributed by atoms with E-state index in [-0.39, 0.29) is 28.8 Å². The first-order chi connectivity index (χ1) is 14.3. The van der Waals surface area contributed by atoms with Crippen LogP contribution in [0, 0.1) is 0 Å². The van der Waals surface area contributed by atoms with Gasteiger partial charge in [-0.3, -0.25) is 19.2 Å². The Morgan fingerprint density at radius 3 is 2.00 bits per heavy atom. The molecule has 7 heteroatoms. The zero-order valence-corrected chi connectivity index (χ0v) is 16.9. The number of carbonyl (C=O) groups excluding carboxylic acids is 4. The van der Waals surface area contributed by atoms with Crippen molar-refractivity contribution in [2.24, 2.45) is 0 Å². The Hall–Kier alpha value is -3.48. The summed E-state index contributed by atoms with van der Waals surface area (Å²) < 4.78 is 10.2. The second kappa shape index (κ2) is 9.35. The molecule has 1 aliphatic heterocycles. The summed E-state index contributed by atoms with van der Waals surface area (Å²) >= 11 is 0. The summed E-state index contributed by atoms with van der Waals surface area (Å²) in [5, 5.41) is 0. The van der Waals surface area contributed by atoms with Crippen molar-refractivity contribution in [1.29, 1.82) is 0 Å². The predicted octanol–water partition coefficient (Wildman–Crippen LogP) is 3.41. The van der Waals surface area contributed by atoms with Crippen molar-refractivity contribution >= 4 is 23.6 Å². The number of esters is 2. The molecule has 1 unspecified atom stereocenters. The number of rotatable bonds is 5. The van der Waals surface area contributed by atoms with E-state index in [0.29, 0.717) is 18.5 Å². The predicted molar refractivity (Wildman–Crippen MR) is 109 cm³/mol. The molecule has 1 saturated heterocycles. The Labute approximate surface area is 174 Å². The first kappa shape index (κ1) is 21.2. The standard InChI is InChI=1S/C23H23NO6/c1-15(25)29-19-12-18(13-20(14-19)30-16(2)26)23(28)24-11-7-6-10-21(24)22(27)17-8-4-3-5-9-17/h3-5,8-9,12-14,21H,6-7,10-11H2,1-2H3. The second-order valence-corrected chi connectivity index (χ2v) is 7.12. The molecule has 7 nitrogen and oxygen atoms in total. The van der Waals surface area contributed by atoms with Gasteiger partial charge in [0.15, 0.2) is 5.78 Å². The summed E-state index contributed by atoms with van der Waals surface area (Å²) in [4.78, 5) is 50.6. The molecule has 1 atom stereocenters.